The van der Waals surface area contributed by atoms with Gasteiger partial charge in [-0.25, -0.2) is 8.42 Å². The second-order valence-electron chi connectivity index (χ2n) is 5.46. The SMILES string of the molecule is CCNCC(Cc1cnn(C)c1)C1CCS(=O)(=O)C1. The van der Waals surface area contributed by atoms with Crippen molar-refractivity contribution in [3.05, 3.63) is 18.0 Å². The van der Waals surface area contributed by atoms with E-state index in [-0.39, 0.29) is 5.92 Å². The molecule has 2 unspecified atom stereocenters. The lowest BCUT2D eigenvalue weighted by atomic mass is 9.87. The molecule has 1 aromatic rings. The van der Waals surface area contributed by atoms with Crippen LogP contribution in [0.1, 0.15) is 18.9 Å². The Kier molecular flexibility index (Phi) is 4.62. The molecule has 2 heterocycles. The van der Waals surface area contributed by atoms with E-state index in [2.05, 4.69) is 17.3 Å². The summed E-state index contributed by atoms with van der Waals surface area (Å²) in [6.45, 7) is 3.88. The molecule has 1 aliphatic rings. The van der Waals surface area contributed by atoms with E-state index in [1.807, 2.05) is 19.4 Å². The molecule has 1 saturated heterocycles. The van der Waals surface area contributed by atoms with Crippen LogP contribution in [0.2, 0.25) is 0 Å². The number of rotatable bonds is 6. The Balaban J connectivity index is 2.03. The van der Waals surface area contributed by atoms with Crippen molar-refractivity contribution in [1.82, 2.24) is 15.1 Å². The van der Waals surface area contributed by atoms with Crippen LogP contribution in [0.4, 0.5) is 0 Å². The normalized spacial score (nSPS) is 23.6. The van der Waals surface area contributed by atoms with Crippen molar-refractivity contribution < 1.29 is 8.42 Å². The van der Waals surface area contributed by atoms with E-state index in [1.165, 1.54) is 5.56 Å². The van der Waals surface area contributed by atoms with Crippen LogP contribution in [0.25, 0.3) is 0 Å². The van der Waals surface area contributed by atoms with E-state index < -0.39 is 9.84 Å². The van der Waals surface area contributed by atoms with Crippen molar-refractivity contribution in [3.63, 3.8) is 0 Å². The van der Waals surface area contributed by atoms with Gasteiger partial charge in [-0.2, -0.15) is 5.10 Å². The quantitative estimate of drug-likeness (QED) is 0.832. The lowest BCUT2D eigenvalue weighted by molar-refractivity contribution is 0.346. The van der Waals surface area contributed by atoms with Crippen molar-refractivity contribution in [2.24, 2.45) is 18.9 Å². The third-order valence-corrected chi connectivity index (χ3v) is 5.64. The summed E-state index contributed by atoms with van der Waals surface area (Å²) in [6.07, 6.45) is 5.60. The summed E-state index contributed by atoms with van der Waals surface area (Å²) in [5, 5.41) is 7.54. The Morgan fingerprint density at radius 3 is 2.89 bits per heavy atom. The van der Waals surface area contributed by atoms with Gasteiger partial charge in [0.25, 0.3) is 0 Å². The van der Waals surface area contributed by atoms with Crippen LogP contribution in [0, 0.1) is 11.8 Å². The molecule has 0 aliphatic carbocycles. The zero-order valence-electron chi connectivity index (χ0n) is 11.7. The summed E-state index contributed by atoms with van der Waals surface area (Å²) in [5.74, 6) is 1.36. The first kappa shape index (κ1) is 14.5. The largest absolute Gasteiger partial charge is 0.317 e. The van der Waals surface area contributed by atoms with Gasteiger partial charge in [0.2, 0.25) is 0 Å². The molecule has 19 heavy (non-hydrogen) atoms. The number of hydrogen-bond donors (Lipinski definition) is 1. The minimum absolute atomic E-state index is 0.282. The van der Waals surface area contributed by atoms with E-state index in [4.69, 9.17) is 0 Å². The fourth-order valence-electron chi connectivity index (χ4n) is 2.81. The molecule has 0 spiro atoms. The van der Waals surface area contributed by atoms with Crippen LogP contribution in [-0.4, -0.2) is 42.8 Å². The Bertz CT molecular complexity index is 510. The van der Waals surface area contributed by atoms with Crippen LogP contribution < -0.4 is 5.32 Å². The summed E-state index contributed by atoms with van der Waals surface area (Å²) in [7, 11) is -0.896. The van der Waals surface area contributed by atoms with Crippen LogP contribution >= 0.6 is 0 Å². The molecule has 0 aromatic carbocycles. The number of nitrogens with zero attached hydrogens (tertiary/aromatic N) is 2. The van der Waals surface area contributed by atoms with Gasteiger partial charge in [-0.05, 0) is 43.3 Å². The van der Waals surface area contributed by atoms with Gasteiger partial charge in [-0.1, -0.05) is 6.92 Å². The van der Waals surface area contributed by atoms with Gasteiger partial charge in [-0.15, -0.1) is 0 Å². The third kappa shape index (κ3) is 4.04. The molecule has 0 radical (unpaired) electrons. The first-order valence-corrected chi connectivity index (χ1v) is 8.71. The van der Waals surface area contributed by atoms with Gasteiger partial charge in [-0.3, -0.25) is 4.68 Å². The monoisotopic (exact) mass is 285 g/mol. The predicted octanol–water partition coefficient (Wildman–Crippen LogP) is 0.623. The molecule has 2 atom stereocenters. The van der Waals surface area contributed by atoms with Crippen LogP contribution in [0.5, 0.6) is 0 Å². The molecule has 0 amide bonds. The van der Waals surface area contributed by atoms with Crippen molar-refractivity contribution in [2.75, 3.05) is 24.6 Å². The zero-order valence-corrected chi connectivity index (χ0v) is 12.5. The smallest absolute Gasteiger partial charge is 0.150 e. The van der Waals surface area contributed by atoms with Gasteiger partial charge in [0, 0.05) is 13.2 Å². The molecular weight excluding hydrogens is 262 g/mol. The van der Waals surface area contributed by atoms with E-state index in [0.717, 1.165) is 25.9 Å². The summed E-state index contributed by atoms with van der Waals surface area (Å²) >= 11 is 0. The molecule has 6 heteroatoms. The standard InChI is InChI=1S/C13H23N3O2S/c1-3-14-8-13(6-11-7-15-16(2)9-11)12-4-5-19(17,18)10-12/h7,9,12-14H,3-6,8,10H2,1-2H3. The minimum Gasteiger partial charge on any atom is -0.317 e. The highest BCUT2D eigenvalue weighted by atomic mass is 32.2. The molecule has 2 rings (SSSR count). The number of nitrogens with one attached hydrogen (secondary N) is 1. The van der Waals surface area contributed by atoms with E-state index in [0.29, 0.717) is 17.4 Å². The fraction of sp³-hybridized carbons (Fsp3) is 0.769. The highest BCUT2D eigenvalue weighted by molar-refractivity contribution is 7.91. The maximum atomic E-state index is 11.6. The maximum Gasteiger partial charge on any atom is 0.150 e. The highest BCUT2D eigenvalue weighted by Gasteiger charge is 2.33. The van der Waals surface area contributed by atoms with E-state index in [1.54, 1.807) is 4.68 Å². The molecule has 5 nitrogen and oxygen atoms in total. The molecule has 1 aliphatic heterocycles. The molecule has 0 bridgehead atoms. The van der Waals surface area contributed by atoms with Crippen LogP contribution in [0.15, 0.2) is 12.4 Å². The van der Waals surface area contributed by atoms with Gasteiger partial charge in [0.15, 0.2) is 9.84 Å². The van der Waals surface area contributed by atoms with E-state index >= 15 is 0 Å². The lowest BCUT2D eigenvalue weighted by Crippen LogP contribution is -2.30. The topological polar surface area (TPSA) is 64.0 Å². The molecule has 1 fully saturated rings. The summed E-state index contributed by atoms with van der Waals surface area (Å²) in [6, 6.07) is 0. The Hall–Kier alpha value is -0.880. The number of hydrogen-bond acceptors (Lipinski definition) is 4. The first-order chi connectivity index (χ1) is 9.00. The third-order valence-electron chi connectivity index (χ3n) is 3.85. The summed E-state index contributed by atoms with van der Waals surface area (Å²) in [4.78, 5) is 0. The lowest BCUT2D eigenvalue weighted by Gasteiger charge is -2.22. The highest BCUT2D eigenvalue weighted by Crippen LogP contribution is 2.28. The molecule has 108 valence electrons. The maximum absolute atomic E-state index is 11.6. The average molecular weight is 285 g/mol. The van der Waals surface area contributed by atoms with Crippen LogP contribution in [0.3, 0.4) is 0 Å². The second-order valence-corrected chi connectivity index (χ2v) is 7.69. The minimum atomic E-state index is -2.80. The Labute approximate surface area is 115 Å². The van der Waals surface area contributed by atoms with E-state index in [9.17, 15) is 8.42 Å². The summed E-state index contributed by atoms with van der Waals surface area (Å²) < 4.78 is 25.1. The Morgan fingerprint density at radius 1 is 1.58 bits per heavy atom. The second kappa shape index (κ2) is 6.05. The van der Waals surface area contributed by atoms with Gasteiger partial charge in [0.05, 0.1) is 17.7 Å². The van der Waals surface area contributed by atoms with Gasteiger partial charge in [0.1, 0.15) is 0 Å². The molecular formula is C13H23N3O2S. The summed E-state index contributed by atoms with van der Waals surface area (Å²) in [5.41, 5.74) is 1.19. The van der Waals surface area contributed by atoms with Crippen LogP contribution in [-0.2, 0) is 23.3 Å². The number of sulfone groups is 1. The van der Waals surface area contributed by atoms with Crippen molar-refractivity contribution in [2.45, 2.75) is 19.8 Å². The Morgan fingerprint density at radius 2 is 2.37 bits per heavy atom. The molecule has 0 saturated carbocycles. The number of aromatic nitrogens is 2. The predicted molar refractivity (Wildman–Crippen MR) is 75.7 cm³/mol. The fourth-order valence-corrected chi connectivity index (χ4v) is 4.73. The average Bonchev–Trinajstić information content (AvgIpc) is 2.90. The molecule has 1 N–H and O–H groups in total. The first-order valence-electron chi connectivity index (χ1n) is 6.89. The molecule has 1 aromatic heterocycles. The van der Waals surface area contributed by atoms with Gasteiger partial charge < -0.3 is 5.32 Å². The van der Waals surface area contributed by atoms with Crippen molar-refractivity contribution in [3.8, 4) is 0 Å². The van der Waals surface area contributed by atoms with Crippen molar-refractivity contribution in [1.29, 1.82) is 0 Å². The van der Waals surface area contributed by atoms with Crippen molar-refractivity contribution >= 4 is 9.84 Å². The zero-order chi connectivity index (χ0) is 13.9. The number of aryl methyl sites for hydroxylation is 1. The van der Waals surface area contributed by atoms with Gasteiger partial charge >= 0.3 is 0 Å².